The van der Waals surface area contributed by atoms with Crippen LogP contribution in [0.3, 0.4) is 0 Å². The highest BCUT2D eigenvalue weighted by Gasteiger charge is 2.46. The maximum Gasteiger partial charge on any atom is 0.224 e. The molecule has 1 aliphatic carbocycles. The lowest BCUT2D eigenvalue weighted by Crippen LogP contribution is -2.33. The Morgan fingerprint density at radius 1 is 1.27 bits per heavy atom. The molecule has 3 atom stereocenters. The minimum Gasteiger partial charge on any atom is -0.492 e. The Balaban J connectivity index is 1.47. The molecule has 2 aromatic rings. The van der Waals surface area contributed by atoms with Gasteiger partial charge in [-0.25, -0.2) is 0 Å². The van der Waals surface area contributed by atoms with Gasteiger partial charge in [0.15, 0.2) is 0 Å². The van der Waals surface area contributed by atoms with Crippen molar-refractivity contribution in [3.63, 3.8) is 0 Å². The van der Waals surface area contributed by atoms with Crippen LogP contribution in [0.1, 0.15) is 36.1 Å². The Kier molecular flexibility index (Phi) is 3.34. The van der Waals surface area contributed by atoms with Gasteiger partial charge >= 0.3 is 0 Å². The first kappa shape index (κ1) is 13.7. The highest BCUT2D eigenvalue weighted by molar-refractivity contribution is 6.32. The van der Waals surface area contributed by atoms with Crippen molar-refractivity contribution in [2.75, 3.05) is 6.61 Å². The van der Waals surface area contributed by atoms with Crippen LogP contribution in [0, 0.1) is 5.92 Å². The molecule has 0 spiro atoms. The van der Waals surface area contributed by atoms with Gasteiger partial charge in [0.1, 0.15) is 11.5 Å². The molecule has 1 aliphatic heterocycles. The van der Waals surface area contributed by atoms with Crippen LogP contribution in [-0.4, -0.2) is 12.5 Å². The van der Waals surface area contributed by atoms with Gasteiger partial charge in [0, 0.05) is 23.8 Å². The molecule has 1 fully saturated rings. The first-order chi connectivity index (χ1) is 10.7. The number of hydrogen-bond donors (Lipinski definition) is 1. The second kappa shape index (κ2) is 5.36. The van der Waals surface area contributed by atoms with Gasteiger partial charge in [0.05, 0.1) is 23.9 Å². The van der Waals surface area contributed by atoms with Crippen LogP contribution in [0.15, 0.2) is 41.0 Å². The van der Waals surface area contributed by atoms with Crippen LogP contribution in [-0.2, 0) is 4.79 Å². The SMILES string of the molecule is O=C(N[C@@H]1CCOc2c(Cl)cccc21)[C@H]1C[C@@H]1c1ccco1. The second-order valence-electron chi connectivity index (χ2n) is 5.82. The van der Waals surface area contributed by atoms with E-state index in [1.165, 1.54) is 0 Å². The lowest BCUT2D eigenvalue weighted by Gasteiger charge is -2.27. The number of fused-ring (bicyclic) bond motifs is 1. The molecule has 22 heavy (non-hydrogen) atoms. The predicted octanol–water partition coefficient (Wildman–Crippen LogP) is 3.68. The Morgan fingerprint density at radius 2 is 2.18 bits per heavy atom. The van der Waals surface area contributed by atoms with E-state index < -0.39 is 0 Å². The summed E-state index contributed by atoms with van der Waals surface area (Å²) in [6.07, 6.45) is 3.27. The average Bonchev–Trinajstić information content (AvgIpc) is 3.14. The maximum absolute atomic E-state index is 12.4. The number of hydrogen-bond acceptors (Lipinski definition) is 3. The fourth-order valence-electron chi connectivity index (χ4n) is 3.12. The van der Waals surface area contributed by atoms with E-state index in [1.54, 1.807) is 12.3 Å². The summed E-state index contributed by atoms with van der Waals surface area (Å²) in [5.74, 6) is 1.90. The molecule has 114 valence electrons. The normalized spacial score (nSPS) is 26.0. The van der Waals surface area contributed by atoms with Gasteiger partial charge in [-0.3, -0.25) is 4.79 Å². The van der Waals surface area contributed by atoms with Gasteiger partial charge in [-0.1, -0.05) is 23.7 Å². The van der Waals surface area contributed by atoms with Gasteiger partial charge in [0.25, 0.3) is 0 Å². The van der Waals surface area contributed by atoms with E-state index in [1.807, 2.05) is 24.3 Å². The summed E-state index contributed by atoms with van der Waals surface area (Å²) < 4.78 is 11.0. The number of ether oxygens (including phenoxy) is 1. The number of amides is 1. The number of carbonyl (C=O) groups excluding carboxylic acids is 1. The molecular formula is C17H16ClNO3. The number of carbonyl (C=O) groups is 1. The van der Waals surface area contributed by atoms with Crippen LogP contribution in [0.25, 0.3) is 0 Å². The summed E-state index contributed by atoms with van der Waals surface area (Å²) in [5.41, 5.74) is 0.960. The van der Waals surface area contributed by atoms with Crippen molar-refractivity contribution >= 4 is 17.5 Å². The van der Waals surface area contributed by atoms with Crippen molar-refractivity contribution in [3.8, 4) is 5.75 Å². The number of nitrogens with one attached hydrogen (secondary N) is 1. The molecule has 1 amide bonds. The molecule has 0 bridgehead atoms. The molecule has 2 aliphatic rings. The smallest absolute Gasteiger partial charge is 0.224 e. The molecule has 0 unspecified atom stereocenters. The molecule has 1 aromatic heterocycles. The molecule has 2 heterocycles. The van der Waals surface area contributed by atoms with E-state index >= 15 is 0 Å². The molecule has 1 saturated carbocycles. The van der Waals surface area contributed by atoms with Crippen LogP contribution in [0.2, 0.25) is 5.02 Å². The van der Waals surface area contributed by atoms with Gasteiger partial charge in [0.2, 0.25) is 5.91 Å². The summed E-state index contributed by atoms with van der Waals surface area (Å²) in [6.45, 7) is 0.563. The third kappa shape index (κ3) is 2.37. The first-order valence-electron chi connectivity index (χ1n) is 7.49. The lowest BCUT2D eigenvalue weighted by atomic mass is 10.00. The number of halogens is 1. The highest BCUT2D eigenvalue weighted by Crippen LogP contribution is 2.48. The zero-order chi connectivity index (χ0) is 15.1. The van der Waals surface area contributed by atoms with Gasteiger partial charge in [-0.15, -0.1) is 0 Å². The minimum absolute atomic E-state index is 0.0108. The number of para-hydroxylation sites is 1. The Bertz CT molecular complexity index is 698. The molecular weight excluding hydrogens is 302 g/mol. The van der Waals surface area contributed by atoms with Crippen LogP contribution in [0.4, 0.5) is 0 Å². The van der Waals surface area contributed by atoms with Crippen molar-refractivity contribution in [1.82, 2.24) is 5.32 Å². The number of benzene rings is 1. The molecule has 0 radical (unpaired) electrons. The van der Waals surface area contributed by atoms with E-state index in [4.69, 9.17) is 20.8 Å². The fourth-order valence-corrected chi connectivity index (χ4v) is 3.35. The largest absolute Gasteiger partial charge is 0.492 e. The topological polar surface area (TPSA) is 51.5 Å². The number of furan rings is 1. The summed E-state index contributed by atoms with van der Waals surface area (Å²) in [4.78, 5) is 12.4. The average molecular weight is 318 g/mol. The lowest BCUT2D eigenvalue weighted by molar-refractivity contribution is -0.123. The Morgan fingerprint density at radius 3 is 3.00 bits per heavy atom. The van der Waals surface area contributed by atoms with Crippen LogP contribution >= 0.6 is 11.6 Å². The third-order valence-corrected chi connectivity index (χ3v) is 4.68. The van der Waals surface area contributed by atoms with E-state index in [0.29, 0.717) is 17.4 Å². The molecule has 4 rings (SSSR count). The van der Waals surface area contributed by atoms with Crippen molar-refractivity contribution in [1.29, 1.82) is 0 Å². The van der Waals surface area contributed by atoms with E-state index in [9.17, 15) is 4.79 Å². The standard InChI is InChI=1S/C17H16ClNO3/c18-13-4-1-3-10-14(6-8-22-16(10)13)19-17(20)12-9-11(12)15-5-2-7-21-15/h1-5,7,11-12,14H,6,8-9H2,(H,19,20)/t11-,12-,14+/m0/s1. The van der Waals surface area contributed by atoms with Gasteiger partial charge in [-0.05, 0) is 24.6 Å². The molecule has 5 heteroatoms. The minimum atomic E-state index is -0.0344. The summed E-state index contributed by atoms with van der Waals surface area (Å²) in [6, 6.07) is 9.41. The maximum atomic E-state index is 12.4. The zero-order valence-corrected chi connectivity index (χ0v) is 12.7. The van der Waals surface area contributed by atoms with Crippen molar-refractivity contribution in [3.05, 3.63) is 52.9 Å². The number of rotatable bonds is 3. The molecule has 1 aromatic carbocycles. The van der Waals surface area contributed by atoms with Crippen molar-refractivity contribution in [2.45, 2.75) is 24.8 Å². The quantitative estimate of drug-likeness (QED) is 0.939. The second-order valence-corrected chi connectivity index (χ2v) is 6.23. The molecule has 1 N–H and O–H groups in total. The van der Waals surface area contributed by atoms with Crippen LogP contribution < -0.4 is 10.1 Å². The summed E-state index contributed by atoms with van der Waals surface area (Å²) in [7, 11) is 0. The Labute approximate surface area is 133 Å². The van der Waals surface area contributed by atoms with Gasteiger partial charge < -0.3 is 14.5 Å². The van der Waals surface area contributed by atoms with E-state index in [-0.39, 0.29) is 23.8 Å². The summed E-state index contributed by atoms with van der Waals surface area (Å²) >= 11 is 6.16. The van der Waals surface area contributed by atoms with Crippen molar-refractivity contribution in [2.24, 2.45) is 5.92 Å². The van der Waals surface area contributed by atoms with Gasteiger partial charge in [-0.2, -0.15) is 0 Å². The third-order valence-electron chi connectivity index (χ3n) is 4.38. The Hall–Kier alpha value is -1.94. The molecule has 4 nitrogen and oxygen atoms in total. The van der Waals surface area contributed by atoms with Crippen LogP contribution in [0.5, 0.6) is 5.75 Å². The fraction of sp³-hybridized carbons (Fsp3) is 0.353. The monoisotopic (exact) mass is 317 g/mol. The van der Waals surface area contributed by atoms with E-state index in [0.717, 1.165) is 24.2 Å². The zero-order valence-electron chi connectivity index (χ0n) is 11.9. The molecule has 0 saturated heterocycles. The van der Waals surface area contributed by atoms with Crippen molar-refractivity contribution < 1.29 is 13.9 Å². The van der Waals surface area contributed by atoms with E-state index in [2.05, 4.69) is 5.32 Å². The first-order valence-corrected chi connectivity index (χ1v) is 7.87. The highest BCUT2D eigenvalue weighted by atomic mass is 35.5. The predicted molar refractivity (Wildman–Crippen MR) is 82.0 cm³/mol. The summed E-state index contributed by atoms with van der Waals surface area (Å²) in [5, 5.41) is 3.73.